The molecule has 0 saturated carbocycles. The summed E-state index contributed by atoms with van der Waals surface area (Å²) in [6.07, 6.45) is 3.56. The fraction of sp³-hybridized carbons (Fsp3) is 0.333. The lowest BCUT2D eigenvalue weighted by Crippen LogP contribution is -2.37. The number of ether oxygens (including phenoxy) is 3. The maximum Gasteiger partial charge on any atom is 0.256 e. The number of rotatable bonds is 9. The Morgan fingerprint density at radius 2 is 2.12 bits per heavy atom. The van der Waals surface area contributed by atoms with Gasteiger partial charge in [0.25, 0.3) is 5.91 Å². The van der Waals surface area contributed by atoms with Gasteiger partial charge in [0.1, 0.15) is 12.4 Å². The number of nitrogens with zero attached hydrogens (tertiary/aromatic N) is 2. The molecule has 2 aromatic carbocycles. The Kier molecular flexibility index (Phi) is 7.43. The van der Waals surface area contributed by atoms with Crippen molar-refractivity contribution in [3.05, 3.63) is 77.8 Å². The lowest BCUT2D eigenvalue weighted by molar-refractivity contribution is 0.0506. The number of halogens is 1. The molecule has 7 heteroatoms. The molecule has 6 nitrogen and oxygen atoms in total. The van der Waals surface area contributed by atoms with Crippen molar-refractivity contribution in [2.24, 2.45) is 0 Å². The number of amides is 1. The minimum atomic E-state index is -0.354. The second-order valence-electron chi connectivity index (χ2n) is 8.36. The van der Waals surface area contributed by atoms with Crippen LogP contribution >= 0.6 is 0 Å². The summed E-state index contributed by atoms with van der Waals surface area (Å²) in [5.41, 5.74) is 2.49. The number of carbonyl (C=O) groups is 1. The fourth-order valence-corrected chi connectivity index (χ4v) is 4.18. The Morgan fingerprint density at radius 3 is 2.85 bits per heavy atom. The van der Waals surface area contributed by atoms with Crippen LogP contribution in [0.4, 0.5) is 4.39 Å². The second kappa shape index (κ2) is 10.7. The molecule has 1 fully saturated rings. The number of hydrogen-bond donors (Lipinski definition) is 0. The Bertz CT molecular complexity index is 1190. The Labute approximate surface area is 199 Å². The molecule has 1 aromatic heterocycles. The van der Waals surface area contributed by atoms with Gasteiger partial charge in [0.2, 0.25) is 0 Å². The van der Waals surface area contributed by atoms with Crippen molar-refractivity contribution < 1.29 is 23.4 Å². The lowest BCUT2D eigenvalue weighted by atomic mass is 10.1. The maximum absolute atomic E-state index is 13.7. The van der Waals surface area contributed by atoms with Crippen molar-refractivity contribution in [3.63, 3.8) is 0 Å². The van der Waals surface area contributed by atoms with Gasteiger partial charge in [-0.25, -0.2) is 4.39 Å². The first-order valence-corrected chi connectivity index (χ1v) is 11.4. The van der Waals surface area contributed by atoms with E-state index in [1.54, 1.807) is 37.1 Å². The van der Waals surface area contributed by atoms with Crippen molar-refractivity contribution >= 4 is 16.8 Å². The third-order valence-electron chi connectivity index (χ3n) is 5.89. The summed E-state index contributed by atoms with van der Waals surface area (Å²) in [5, 5.41) is 0.720. The van der Waals surface area contributed by atoms with Gasteiger partial charge in [-0.15, -0.1) is 0 Å². The molecule has 3 aromatic rings. The van der Waals surface area contributed by atoms with Gasteiger partial charge in [-0.2, -0.15) is 0 Å². The SMILES string of the molecule is C=CCOc1ccc(CN(C[C@@H]2CCCO2)C(=O)c2cc3ccc(F)cc3nc2C)cc1OC. The number of aromatic nitrogens is 1. The second-order valence-corrected chi connectivity index (χ2v) is 8.36. The number of fused-ring (bicyclic) bond motifs is 1. The number of pyridine rings is 1. The van der Waals surface area contributed by atoms with Gasteiger partial charge in [0, 0.05) is 31.1 Å². The van der Waals surface area contributed by atoms with E-state index in [0.29, 0.717) is 54.6 Å². The molecule has 34 heavy (non-hydrogen) atoms. The van der Waals surface area contributed by atoms with Gasteiger partial charge in [-0.3, -0.25) is 9.78 Å². The highest BCUT2D eigenvalue weighted by molar-refractivity contribution is 5.98. The smallest absolute Gasteiger partial charge is 0.256 e. The maximum atomic E-state index is 13.7. The third kappa shape index (κ3) is 5.37. The van der Waals surface area contributed by atoms with E-state index in [-0.39, 0.29) is 17.8 Å². The van der Waals surface area contributed by atoms with E-state index in [4.69, 9.17) is 14.2 Å². The zero-order valence-corrected chi connectivity index (χ0v) is 19.6. The normalized spacial score (nSPS) is 15.3. The number of carbonyl (C=O) groups excluding carboxylic acids is 1. The number of hydrogen-bond acceptors (Lipinski definition) is 5. The van der Waals surface area contributed by atoms with E-state index in [0.717, 1.165) is 23.8 Å². The number of methoxy groups -OCH3 is 1. The van der Waals surface area contributed by atoms with Crippen LogP contribution in [-0.4, -0.2) is 48.8 Å². The van der Waals surface area contributed by atoms with Gasteiger partial charge < -0.3 is 19.1 Å². The predicted octanol–water partition coefficient (Wildman–Crippen LogP) is 5.08. The summed E-state index contributed by atoms with van der Waals surface area (Å²) >= 11 is 0. The largest absolute Gasteiger partial charge is 0.493 e. The monoisotopic (exact) mass is 464 g/mol. The summed E-state index contributed by atoms with van der Waals surface area (Å²) in [4.78, 5) is 20.0. The molecule has 0 radical (unpaired) electrons. The molecule has 4 rings (SSSR count). The minimum absolute atomic E-state index is 0.0103. The molecule has 1 atom stereocenters. The first-order chi connectivity index (χ1) is 16.5. The Morgan fingerprint density at radius 1 is 1.26 bits per heavy atom. The summed E-state index contributed by atoms with van der Waals surface area (Å²) in [6, 6.07) is 11.8. The standard InChI is InChI=1S/C27H29FN2O4/c1-4-11-34-25-10-7-19(13-26(25)32-3)16-30(17-22-6-5-12-33-22)27(31)23-14-20-8-9-21(28)15-24(20)29-18(23)2/h4,7-10,13-15,22H,1,5-6,11-12,16-17H2,2-3H3/t22-/m0/s1. The zero-order valence-electron chi connectivity index (χ0n) is 19.6. The molecule has 2 heterocycles. The van der Waals surface area contributed by atoms with Crippen LogP contribution in [0.5, 0.6) is 11.5 Å². The first-order valence-electron chi connectivity index (χ1n) is 11.4. The van der Waals surface area contributed by atoms with Gasteiger partial charge in [0.15, 0.2) is 11.5 Å². The van der Waals surface area contributed by atoms with E-state index in [2.05, 4.69) is 11.6 Å². The molecule has 1 saturated heterocycles. The van der Waals surface area contributed by atoms with Crippen LogP contribution in [0.2, 0.25) is 0 Å². The van der Waals surface area contributed by atoms with Crippen molar-refractivity contribution in [2.45, 2.75) is 32.4 Å². The van der Waals surface area contributed by atoms with Crippen molar-refractivity contribution in [1.29, 1.82) is 0 Å². The van der Waals surface area contributed by atoms with Crippen molar-refractivity contribution in [3.8, 4) is 11.5 Å². The average Bonchev–Trinajstić information content (AvgIpc) is 3.35. The molecule has 0 N–H and O–H groups in total. The number of aryl methyl sites for hydroxylation is 1. The van der Waals surface area contributed by atoms with Crippen molar-refractivity contribution in [1.82, 2.24) is 9.88 Å². The van der Waals surface area contributed by atoms with E-state index in [1.807, 2.05) is 18.2 Å². The predicted molar refractivity (Wildman–Crippen MR) is 129 cm³/mol. The minimum Gasteiger partial charge on any atom is -0.493 e. The average molecular weight is 465 g/mol. The van der Waals surface area contributed by atoms with E-state index < -0.39 is 0 Å². The quantitative estimate of drug-likeness (QED) is 0.414. The van der Waals surface area contributed by atoms with Crippen LogP contribution in [0.25, 0.3) is 10.9 Å². The molecule has 0 spiro atoms. The zero-order chi connectivity index (χ0) is 24.1. The van der Waals surface area contributed by atoms with Crippen LogP contribution in [0.3, 0.4) is 0 Å². The van der Waals surface area contributed by atoms with Crippen LogP contribution in [0, 0.1) is 12.7 Å². The highest BCUT2D eigenvalue weighted by Gasteiger charge is 2.25. The van der Waals surface area contributed by atoms with Crippen LogP contribution in [0.1, 0.15) is 34.5 Å². The van der Waals surface area contributed by atoms with Gasteiger partial charge in [-0.1, -0.05) is 18.7 Å². The molecular formula is C27H29FN2O4. The molecule has 1 aliphatic heterocycles. The van der Waals surface area contributed by atoms with Gasteiger partial charge in [-0.05, 0) is 55.7 Å². The summed E-state index contributed by atoms with van der Waals surface area (Å²) in [7, 11) is 1.59. The van der Waals surface area contributed by atoms with Crippen LogP contribution in [0.15, 0.2) is 55.1 Å². The van der Waals surface area contributed by atoms with E-state index in [1.165, 1.54) is 12.1 Å². The highest BCUT2D eigenvalue weighted by atomic mass is 19.1. The Balaban J connectivity index is 1.64. The first kappa shape index (κ1) is 23.7. The molecule has 1 amide bonds. The fourth-order valence-electron chi connectivity index (χ4n) is 4.18. The summed E-state index contributed by atoms with van der Waals surface area (Å²) in [6.45, 7) is 7.36. The summed E-state index contributed by atoms with van der Waals surface area (Å²) < 4.78 is 30.6. The van der Waals surface area contributed by atoms with Crippen LogP contribution in [-0.2, 0) is 11.3 Å². The Hall–Kier alpha value is -3.45. The van der Waals surface area contributed by atoms with E-state index in [9.17, 15) is 9.18 Å². The van der Waals surface area contributed by atoms with Crippen LogP contribution < -0.4 is 9.47 Å². The summed E-state index contributed by atoms with van der Waals surface area (Å²) in [5.74, 6) is 0.713. The topological polar surface area (TPSA) is 60.9 Å². The van der Waals surface area contributed by atoms with Crippen molar-refractivity contribution in [2.75, 3.05) is 26.9 Å². The van der Waals surface area contributed by atoms with E-state index >= 15 is 0 Å². The lowest BCUT2D eigenvalue weighted by Gasteiger charge is -2.26. The van der Waals surface area contributed by atoms with Gasteiger partial charge in [0.05, 0.1) is 30.0 Å². The molecule has 0 unspecified atom stereocenters. The molecule has 1 aliphatic rings. The molecule has 178 valence electrons. The molecule has 0 bridgehead atoms. The molecule has 0 aliphatic carbocycles. The highest BCUT2D eigenvalue weighted by Crippen LogP contribution is 2.29. The number of benzene rings is 2. The molecular weight excluding hydrogens is 435 g/mol. The van der Waals surface area contributed by atoms with Gasteiger partial charge >= 0.3 is 0 Å². The third-order valence-corrected chi connectivity index (χ3v) is 5.89.